The number of fused-ring (bicyclic) bond motifs is 2. The molecule has 0 N–H and O–H groups in total. The first kappa shape index (κ1) is 15.4. The first-order valence-corrected chi connectivity index (χ1v) is 8.19. The highest BCUT2D eigenvalue weighted by Crippen LogP contribution is 2.36. The summed E-state index contributed by atoms with van der Waals surface area (Å²) in [5.41, 5.74) is 1.87. The van der Waals surface area contributed by atoms with E-state index in [2.05, 4.69) is 0 Å². The second kappa shape index (κ2) is 6.40. The smallest absolute Gasteiger partial charge is 0.259 e. The van der Waals surface area contributed by atoms with Gasteiger partial charge >= 0.3 is 0 Å². The third-order valence-electron chi connectivity index (χ3n) is 4.25. The first-order chi connectivity index (χ1) is 11.7. The van der Waals surface area contributed by atoms with Crippen molar-refractivity contribution >= 4 is 17.5 Å². The molecule has 3 atom stereocenters. The van der Waals surface area contributed by atoms with Crippen LogP contribution in [-0.4, -0.2) is 23.3 Å². The Morgan fingerprint density at radius 2 is 1.79 bits per heavy atom. The molecule has 2 aromatic rings. The summed E-state index contributed by atoms with van der Waals surface area (Å²) in [6, 6.07) is 17.0. The molecular weight excluding hydrogens is 326 g/mol. The Balaban J connectivity index is 1.55. The van der Waals surface area contributed by atoms with Crippen LogP contribution in [0.5, 0.6) is 0 Å². The topological polar surface area (TPSA) is 38.8 Å². The van der Waals surface area contributed by atoms with E-state index in [1.165, 1.54) is 5.06 Å². The third kappa shape index (κ3) is 2.84. The Bertz CT molecular complexity index is 760. The number of carbonyl (C=O) groups is 1. The zero-order valence-corrected chi connectivity index (χ0v) is 13.6. The Labute approximate surface area is 145 Å². The van der Waals surface area contributed by atoms with Crippen LogP contribution >= 0.6 is 11.6 Å². The van der Waals surface area contributed by atoms with E-state index in [0.29, 0.717) is 11.6 Å². The van der Waals surface area contributed by atoms with Gasteiger partial charge in [0.05, 0.1) is 12.0 Å². The second-order valence-corrected chi connectivity index (χ2v) is 6.26. The summed E-state index contributed by atoms with van der Waals surface area (Å²) in [6.45, 7) is 0.318. The van der Waals surface area contributed by atoms with Crippen molar-refractivity contribution in [1.82, 2.24) is 5.06 Å². The lowest BCUT2D eigenvalue weighted by molar-refractivity contribution is -0.258. The van der Waals surface area contributed by atoms with E-state index >= 15 is 0 Å². The van der Waals surface area contributed by atoms with Crippen molar-refractivity contribution in [1.29, 1.82) is 0 Å². The van der Waals surface area contributed by atoms with E-state index in [9.17, 15) is 4.79 Å². The summed E-state index contributed by atoms with van der Waals surface area (Å²) < 4.78 is 5.90. The Morgan fingerprint density at radius 3 is 2.54 bits per heavy atom. The fraction of sp³-hybridized carbons (Fsp3) is 0.211. The number of halogens is 1. The molecule has 0 unspecified atom stereocenters. The number of hydroxylamine groups is 2. The predicted molar refractivity (Wildman–Crippen MR) is 90.1 cm³/mol. The average Bonchev–Trinajstić information content (AvgIpc) is 3.02. The lowest BCUT2D eigenvalue weighted by Gasteiger charge is -2.37. The summed E-state index contributed by atoms with van der Waals surface area (Å²) in [5, 5.41) is 1.98. The Kier molecular flexibility index (Phi) is 4.10. The zero-order chi connectivity index (χ0) is 16.5. The molecule has 2 bridgehead atoms. The molecule has 2 aliphatic rings. The normalized spacial score (nSPS) is 25.3. The SMILES string of the molecule is O=C1[C@@H](c2ccc(Cl)cc2)[C@H]2C=C[C@H](O2)N1OCc1ccccc1. The number of carbonyl (C=O) groups excluding carboxylic acids is 1. The van der Waals surface area contributed by atoms with Crippen LogP contribution in [0.2, 0.25) is 5.02 Å². The molecule has 0 saturated carbocycles. The van der Waals surface area contributed by atoms with Gasteiger partial charge in [-0.25, -0.2) is 0 Å². The van der Waals surface area contributed by atoms with Gasteiger partial charge in [-0.1, -0.05) is 60.1 Å². The number of amides is 1. The summed E-state index contributed by atoms with van der Waals surface area (Å²) in [4.78, 5) is 18.7. The summed E-state index contributed by atoms with van der Waals surface area (Å²) in [5.74, 6) is -0.521. The van der Waals surface area contributed by atoms with Crippen LogP contribution in [0.1, 0.15) is 17.0 Å². The lowest BCUT2D eigenvalue weighted by Crippen LogP contribution is -2.50. The third-order valence-corrected chi connectivity index (χ3v) is 4.50. The average molecular weight is 342 g/mol. The van der Waals surface area contributed by atoms with E-state index in [1.54, 1.807) is 12.1 Å². The molecule has 1 saturated heterocycles. The molecule has 2 aliphatic heterocycles. The molecule has 0 aliphatic carbocycles. The fourth-order valence-corrected chi connectivity index (χ4v) is 3.17. The molecule has 24 heavy (non-hydrogen) atoms. The minimum absolute atomic E-state index is 0.0977. The highest BCUT2D eigenvalue weighted by Gasteiger charge is 2.45. The molecule has 4 rings (SSSR count). The van der Waals surface area contributed by atoms with Crippen LogP contribution in [0, 0.1) is 0 Å². The number of ether oxygens (including phenoxy) is 1. The van der Waals surface area contributed by atoms with Gasteiger partial charge in [0, 0.05) is 5.02 Å². The van der Waals surface area contributed by atoms with Crippen LogP contribution in [0.15, 0.2) is 66.7 Å². The maximum Gasteiger partial charge on any atom is 0.259 e. The van der Waals surface area contributed by atoms with Crippen LogP contribution in [0.3, 0.4) is 0 Å². The van der Waals surface area contributed by atoms with Crippen LogP contribution in [-0.2, 0) is 21.0 Å². The largest absolute Gasteiger partial charge is 0.344 e. The van der Waals surface area contributed by atoms with Crippen LogP contribution in [0.4, 0.5) is 0 Å². The van der Waals surface area contributed by atoms with Gasteiger partial charge in [-0.3, -0.25) is 9.63 Å². The molecule has 0 aromatic heterocycles. The van der Waals surface area contributed by atoms with Crippen molar-refractivity contribution < 1.29 is 14.4 Å². The number of hydrogen-bond donors (Lipinski definition) is 0. The minimum atomic E-state index is -0.463. The van der Waals surface area contributed by atoms with Gasteiger partial charge in [-0.15, -0.1) is 0 Å². The molecule has 2 heterocycles. The van der Waals surface area contributed by atoms with Crippen LogP contribution in [0.25, 0.3) is 0 Å². The van der Waals surface area contributed by atoms with Crippen LogP contribution < -0.4 is 0 Å². The predicted octanol–water partition coefficient (Wildman–Crippen LogP) is 3.68. The van der Waals surface area contributed by atoms with Crippen molar-refractivity contribution in [3.05, 3.63) is 82.9 Å². The number of hydrogen-bond acceptors (Lipinski definition) is 3. The molecule has 0 radical (unpaired) electrons. The standard InChI is InChI=1S/C19H16ClNO3/c20-15-8-6-14(7-9-15)18-16-10-11-17(24-16)21(19(18)22)23-12-13-4-2-1-3-5-13/h1-11,16-18H,12H2/t16-,17+,18+/m1/s1. The van der Waals surface area contributed by atoms with Gasteiger partial charge < -0.3 is 4.74 Å². The van der Waals surface area contributed by atoms with Gasteiger partial charge in [0.1, 0.15) is 6.61 Å². The van der Waals surface area contributed by atoms with Crippen molar-refractivity contribution in [2.24, 2.45) is 0 Å². The Hall–Kier alpha value is -2.14. The molecule has 5 heteroatoms. The first-order valence-electron chi connectivity index (χ1n) is 7.81. The van der Waals surface area contributed by atoms with E-state index in [4.69, 9.17) is 21.2 Å². The zero-order valence-electron chi connectivity index (χ0n) is 12.8. The van der Waals surface area contributed by atoms with Gasteiger partial charge in [-0.2, -0.15) is 5.06 Å². The molecule has 0 spiro atoms. The maximum atomic E-state index is 12.9. The van der Waals surface area contributed by atoms with E-state index in [-0.39, 0.29) is 12.0 Å². The molecule has 1 fully saturated rings. The second-order valence-electron chi connectivity index (χ2n) is 5.83. The summed E-state index contributed by atoms with van der Waals surface area (Å²) in [6.07, 6.45) is 3.06. The molecule has 2 aromatic carbocycles. The van der Waals surface area contributed by atoms with Crippen molar-refractivity contribution in [2.75, 3.05) is 0 Å². The molecular formula is C19H16ClNO3. The van der Waals surface area contributed by atoms with Gasteiger partial charge in [-0.05, 0) is 29.3 Å². The summed E-state index contributed by atoms with van der Waals surface area (Å²) in [7, 11) is 0. The highest BCUT2D eigenvalue weighted by atomic mass is 35.5. The Morgan fingerprint density at radius 1 is 1.04 bits per heavy atom. The monoisotopic (exact) mass is 341 g/mol. The van der Waals surface area contributed by atoms with Crippen molar-refractivity contribution in [3.63, 3.8) is 0 Å². The highest BCUT2D eigenvalue weighted by molar-refractivity contribution is 6.30. The van der Waals surface area contributed by atoms with Gasteiger partial charge in [0.2, 0.25) is 0 Å². The van der Waals surface area contributed by atoms with Gasteiger partial charge in [0.25, 0.3) is 5.91 Å². The van der Waals surface area contributed by atoms with Crippen molar-refractivity contribution in [2.45, 2.75) is 24.9 Å². The molecule has 122 valence electrons. The summed E-state index contributed by atoms with van der Waals surface area (Å²) >= 11 is 5.95. The van der Waals surface area contributed by atoms with E-state index in [1.807, 2.05) is 54.6 Å². The van der Waals surface area contributed by atoms with Gasteiger partial charge in [0.15, 0.2) is 6.23 Å². The number of rotatable bonds is 4. The number of nitrogens with zero attached hydrogens (tertiary/aromatic N) is 1. The van der Waals surface area contributed by atoms with Crippen molar-refractivity contribution in [3.8, 4) is 0 Å². The minimum Gasteiger partial charge on any atom is -0.344 e. The molecule has 4 nitrogen and oxygen atoms in total. The molecule has 1 amide bonds. The maximum absolute atomic E-state index is 12.9. The fourth-order valence-electron chi connectivity index (χ4n) is 3.04. The van der Waals surface area contributed by atoms with E-state index < -0.39 is 12.1 Å². The van der Waals surface area contributed by atoms with E-state index in [0.717, 1.165) is 11.1 Å². The number of benzene rings is 2. The quantitative estimate of drug-likeness (QED) is 0.796. The lowest BCUT2D eigenvalue weighted by atomic mass is 9.92.